The number of hydrogen-bond acceptors (Lipinski definition) is 1. The summed E-state index contributed by atoms with van der Waals surface area (Å²) < 4.78 is 7.44. The molecule has 130 valence electrons. The quantitative estimate of drug-likeness (QED) is 0.436. The van der Waals surface area contributed by atoms with E-state index >= 15 is 0 Å². The highest BCUT2D eigenvalue weighted by Gasteiger charge is 2.18. The molecule has 0 saturated carbocycles. The predicted molar refractivity (Wildman–Crippen MR) is 113 cm³/mol. The van der Waals surface area contributed by atoms with E-state index in [1.54, 1.807) is 0 Å². The van der Waals surface area contributed by atoms with Crippen molar-refractivity contribution in [1.29, 1.82) is 0 Å². The van der Waals surface area contributed by atoms with Crippen LogP contribution in [0.4, 0.5) is 0 Å². The second kappa shape index (κ2) is 7.13. The van der Waals surface area contributed by atoms with Crippen LogP contribution in [0.1, 0.15) is 34.8 Å². The highest BCUT2D eigenvalue weighted by Crippen LogP contribution is 2.35. The molecule has 1 nitrogen and oxygen atoms in total. The number of hydrogen-bond donors (Lipinski definition) is 0. The standard InChI is InChI=1S/C24H21BrO/c1-16-6-3-7-17(2)24(16)20-10-4-8-18(14-20)22-11-5-9-19-15-21(25)12-13-23(19)26-22/h3-10,12-15,22H,11H2,1-2H3. The molecule has 0 aliphatic carbocycles. The normalized spacial score (nSPS) is 15.9. The van der Waals surface area contributed by atoms with Crippen LogP contribution in [0.15, 0.2) is 71.2 Å². The van der Waals surface area contributed by atoms with Gasteiger partial charge in [-0.2, -0.15) is 0 Å². The molecular weight excluding hydrogens is 384 g/mol. The number of benzene rings is 3. The van der Waals surface area contributed by atoms with Crippen molar-refractivity contribution in [3.05, 3.63) is 93.5 Å². The molecule has 0 fully saturated rings. The van der Waals surface area contributed by atoms with Crippen LogP contribution in [0.5, 0.6) is 5.75 Å². The Labute approximate surface area is 163 Å². The second-order valence-electron chi connectivity index (χ2n) is 6.82. The van der Waals surface area contributed by atoms with Gasteiger partial charge in [0, 0.05) is 16.5 Å². The van der Waals surface area contributed by atoms with E-state index in [0.29, 0.717) is 0 Å². The van der Waals surface area contributed by atoms with Gasteiger partial charge in [-0.3, -0.25) is 0 Å². The monoisotopic (exact) mass is 404 g/mol. The van der Waals surface area contributed by atoms with Gasteiger partial charge in [-0.25, -0.2) is 0 Å². The summed E-state index contributed by atoms with van der Waals surface area (Å²) in [6, 6.07) is 21.4. The first-order valence-electron chi connectivity index (χ1n) is 8.91. The van der Waals surface area contributed by atoms with E-state index in [0.717, 1.165) is 22.2 Å². The van der Waals surface area contributed by atoms with Crippen LogP contribution < -0.4 is 4.74 Å². The van der Waals surface area contributed by atoms with Gasteiger partial charge in [0.25, 0.3) is 0 Å². The average Bonchev–Trinajstić information content (AvgIpc) is 2.84. The molecule has 4 rings (SSSR count). The Morgan fingerprint density at radius 3 is 2.50 bits per heavy atom. The third kappa shape index (κ3) is 3.34. The number of ether oxygens (including phenoxy) is 1. The van der Waals surface area contributed by atoms with E-state index in [1.165, 1.54) is 27.8 Å². The van der Waals surface area contributed by atoms with E-state index < -0.39 is 0 Å². The average molecular weight is 405 g/mol. The van der Waals surface area contributed by atoms with Crippen molar-refractivity contribution < 1.29 is 4.74 Å². The predicted octanol–water partition coefficient (Wildman–Crippen LogP) is 7.27. The van der Waals surface area contributed by atoms with E-state index in [9.17, 15) is 0 Å². The first-order chi connectivity index (χ1) is 12.6. The Morgan fingerprint density at radius 1 is 0.923 bits per heavy atom. The molecule has 0 saturated heterocycles. The zero-order valence-electron chi connectivity index (χ0n) is 15.0. The SMILES string of the molecule is Cc1cccc(C)c1-c1cccc(C2CC=Cc3cc(Br)ccc3O2)c1. The summed E-state index contributed by atoms with van der Waals surface area (Å²) in [4.78, 5) is 0. The van der Waals surface area contributed by atoms with E-state index in [4.69, 9.17) is 4.74 Å². The second-order valence-corrected chi connectivity index (χ2v) is 7.73. The minimum atomic E-state index is 0.0259. The van der Waals surface area contributed by atoms with E-state index in [-0.39, 0.29) is 6.10 Å². The van der Waals surface area contributed by atoms with E-state index in [1.807, 2.05) is 12.1 Å². The first-order valence-corrected chi connectivity index (χ1v) is 9.70. The third-order valence-corrected chi connectivity index (χ3v) is 5.41. The molecule has 1 aliphatic heterocycles. The molecule has 1 heterocycles. The molecule has 0 N–H and O–H groups in total. The minimum absolute atomic E-state index is 0.0259. The number of halogens is 1. The fourth-order valence-electron chi connectivity index (χ4n) is 3.65. The van der Waals surface area contributed by atoms with Gasteiger partial charge in [-0.05, 0) is 65.9 Å². The van der Waals surface area contributed by atoms with Crippen LogP contribution in [-0.2, 0) is 0 Å². The zero-order chi connectivity index (χ0) is 18.1. The van der Waals surface area contributed by atoms with Crippen molar-refractivity contribution in [2.75, 3.05) is 0 Å². The lowest BCUT2D eigenvalue weighted by molar-refractivity contribution is 0.211. The molecule has 3 aromatic carbocycles. The van der Waals surface area contributed by atoms with Crippen LogP contribution in [0.2, 0.25) is 0 Å². The van der Waals surface area contributed by atoms with Crippen molar-refractivity contribution in [1.82, 2.24) is 0 Å². The molecule has 0 aromatic heterocycles. The summed E-state index contributed by atoms with van der Waals surface area (Å²) >= 11 is 3.54. The summed E-state index contributed by atoms with van der Waals surface area (Å²) in [7, 11) is 0. The molecule has 26 heavy (non-hydrogen) atoms. The van der Waals surface area contributed by atoms with Gasteiger partial charge in [-0.15, -0.1) is 0 Å². The minimum Gasteiger partial charge on any atom is -0.485 e. The van der Waals surface area contributed by atoms with Crippen molar-refractivity contribution in [2.45, 2.75) is 26.4 Å². The molecule has 0 spiro atoms. The fourth-order valence-corrected chi connectivity index (χ4v) is 4.02. The summed E-state index contributed by atoms with van der Waals surface area (Å²) in [6.07, 6.45) is 5.24. The highest BCUT2D eigenvalue weighted by molar-refractivity contribution is 9.10. The van der Waals surface area contributed by atoms with Crippen LogP contribution >= 0.6 is 15.9 Å². The van der Waals surface area contributed by atoms with Gasteiger partial charge in [-0.1, -0.05) is 64.5 Å². The maximum Gasteiger partial charge on any atom is 0.127 e. The molecular formula is C24H21BrO. The van der Waals surface area contributed by atoms with E-state index in [2.05, 4.69) is 90.5 Å². The summed E-state index contributed by atoms with van der Waals surface area (Å²) in [5.74, 6) is 0.935. The summed E-state index contributed by atoms with van der Waals surface area (Å²) in [5.41, 5.74) is 7.52. The molecule has 1 aliphatic rings. The molecule has 3 aromatic rings. The summed E-state index contributed by atoms with van der Waals surface area (Å²) in [5, 5.41) is 0. The lowest BCUT2D eigenvalue weighted by Crippen LogP contribution is -2.06. The molecule has 0 radical (unpaired) electrons. The molecule has 0 bridgehead atoms. The Kier molecular flexibility index (Phi) is 4.69. The van der Waals surface area contributed by atoms with Gasteiger partial charge < -0.3 is 4.74 Å². The Bertz CT molecular complexity index is 967. The molecule has 0 amide bonds. The maximum atomic E-state index is 6.37. The van der Waals surface area contributed by atoms with Gasteiger partial charge in [0.05, 0.1) is 0 Å². The van der Waals surface area contributed by atoms with Gasteiger partial charge in [0.2, 0.25) is 0 Å². The van der Waals surface area contributed by atoms with Crippen LogP contribution in [0.25, 0.3) is 17.2 Å². The topological polar surface area (TPSA) is 9.23 Å². The van der Waals surface area contributed by atoms with Gasteiger partial charge in [0.1, 0.15) is 11.9 Å². The number of aryl methyl sites for hydroxylation is 2. The third-order valence-electron chi connectivity index (χ3n) is 4.92. The zero-order valence-corrected chi connectivity index (χ0v) is 16.6. The Morgan fingerprint density at radius 2 is 1.69 bits per heavy atom. The van der Waals surface area contributed by atoms with Gasteiger partial charge >= 0.3 is 0 Å². The molecule has 1 atom stereocenters. The lowest BCUT2D eigenvalue weighted by Gasteiger charge is -2.19. The fraction of sp³-hybridized carbons (Fsp3) is 0.167. The number of rotatable bonds is 2. The van der Waals surface area contributed by atoms with Crippen LogP contribution in [0.3, 0.4) is 0 Å². The molecule has 2 heteroatoms. The van der Waals surface area contributed by atoms with Crippen molar-refractivity contribution >= 4 is 22.0 Å². The van der Waals surface area contributed by atoms with Crippen molar-refractivity contribution in [2.24, 2.45) is 0 Å². The van der Waals surface area contributed by atoms with Crippen molar-refractivity contribution in [3.63, 3.8) is 0 Å². The maximum absolute atomic E-state index is 6.37. The Balaban J connectivity index is 1.71. The number of fused-ring (bicyclic) bond motifs is 1. The Hall–Kier alpha value is -2.32. The lowest BCUT2D eigenvalue weighted by atomic mass is 9.93. The van der Waals surface area contributed by atoms with Crippen LogP contribution in [0, 0.1) is 13.8 Å². The van der Waals surface area contributed by atoms with Gasteiger partial charge in [0.15, 0.2) is 0 Å². The van der Waals surface area contributed by atoms with Crippen molar-refractivity contribution in [3.8, 4) is 16.9 Å². The van der Waals surface area contributed by atoms with Crippen LogP contribution in [-0.4, -0.2) is 0 Å². The largest absolute Gasteiger partial charge is 0.485 e. The summed E-state index contributed by atoms with van der Waals surface area (Å²) in [6.45, 7) is 4.35. The highest BCUT2D eigenvalue weighted by atomic mass is 79.9. The molecule has 1 unspecified atom stereocenters. The smallest absolute Gasteiger partial charge is 0.127 e. The first kappa shape index (κ1) is 17.1.